The SMILES string of the molecule is O=C(O)CCc1ccccc1OCC(O)CN1CCCC(COc2ccc(F)cc2)C1. The molecule has 2 aromatic carbocycles. The monoisotopic (exact) mass is 431 g/mol. The fourth-order valence-electron chi connectivity index (χ4n) is 3.83. The van der Waals surface area contributed by atoms with Crippen LogP contribution in [0.25, 0.3) is 0 Å². The van der Waals surface area contributed by atoms with E-state index in [1.165, 1.54) is 12.1 Å². The average Bonchev–Trinajstić information content (AvgIpc) is 2.76. The normalized spacial score (nSPS) is 17.8. The van der Waals surface area contributed by atoms with Crippen LogP contribution in [0.5, 0.6) is 11.5 Å². The molecule has 1 saturated heterocycles. The van der Waals surface area contributed by atoms with Crippen molar-refractivity contribution in [3.8, 4) is 11.5 Å². The van der Waals surface area contributed by atoms with Gasteiger partial charge in [0, 0.05) is 25.4 Å². The summed E-state index contributed by atoms with van der Waals surface area (Å²) in [7, 11) is 0. The Balaban J connectivity index is 1.42. The molecule has 3 rings (SSSR count). The Labute approximate surface area is 182 Å². The number of benzene rings is 2. The van der Waals surface area contributed by atoms with Gasteiger partial charge in [0.2, 0.25) is 0 Å². The third kappa shape index (κ3) is 7.84. The van der Waals surface area contributed by atoms with E-state index in [9.17, 15) is 14.3 Å². The number of likely N-dealkylation sites (tertiary alicyclic amines) is 1. The van der Waals surface area contributed by atoms with Crippen LogP contribution >= 0.6 is 0 Å². The highest BCUT2D eigenvalue weighted by atomic mass is 19.1. The molecular weight excluding hydrogens is 401 g/mol. The summed E-state index contributed by atoms with van der Waals surface area (Å²) in [5, 5.41) is 19.4. The molecule has 1 aliphatic heterocycles. The first kappa shape index (κ1) is 23.0. The van der Waals surface area contributed by atoms with Crippen LogP contribution in [0.3, 0.4) is 0 Å². The molecule has 31 heavy (non-hydrogen) atoms. The second kappa shape index (κ2) is 11.7. The maximum Gasteiger partial charge on any atom is 0.303 e. The van der Waals surface area contributed by atoms with Gasteiger partial charge in [-0.2, -0.15) is 0 Å². The summed E-state index contributed by atoms with van der Waals surface area (Å²) in [5.74, 6) is 0.499. The highest BCUT2D eigenvalue weighted by Gasteiger charge is 2.22. The van der Waals surface area contributed by atoms with Gasteiger partial charge in [-0.05, 0) is 61.7 Å². The highest BCUT2D eigenvalue weighted by molar-refractivity contribution is 5.67. The Morgan fingerprint density at radius 2 is 1.94 bits per heavy atom. The summed E-state index contributed by atoms with van der Waals surface area (Å²) >= 11 is 0. The van der Waals surface area contributed by atoms with Crippen molar-refractivity contribution in [3.05, 3.63) is 59.9 Å². The highest BCUT2D eigenvalue weighted by Crippen LogP contribution is 2.21. The van der Waals surface area contributed by atoms with E-state index in [-0.39, 0.29) is 18.8 Å². The van der Waals surface area contributed by atoms with E-state index in [2.05, 4.69) is 4.90 Å². The number of aliphatic hydroxyl groups excluding tert-OH is 1. The molecule has 6 nitrogen and oxygen atoms in total. The molecule has 0 aromatic heterocycles. The lowest BCUT2D eigenvalue weighted by atomic mass is 9.98. The van der Waals surface area contributed by atoms with Gasteiger partial charge in [-0.3, -0.25) is 4.79 Å². The minimum absolute atomic E-state index is 0.0398. The molecule has 0 saturated carbocycles. The molecule has 2 aromatic rings. The molecule has 7 heteroatoms. The van der Waals surface area contributed by atoms with Crippen LogP contribution < -0.4 is 9.47 Å². The molecule has 2 unspecified atom stereocenters. The summed E-state index contributed by atoms with van der Waals surface area (Å²) < 4.78 is 24.6. The number of ether oxygens (including phenoxy) is 2. The van der Waals surface area contributed by atoms with Gasteiger partial charge in [-0.25, -0.2) is 4.39 Å². The molecule has 0 radical (unpaired) electrons. The number of halogens is 1. The van der Waals surface area contributed by atoms with Crippen molar-refractivity contribution in [1.82, 2.24) is 4.90 Å². The topological polar surface area (TPSA) is 79.2 Å². The van der Waals surface area contributed by atoms with Gasteiger partial charge in [0.15, 0.2) is 0 Å². The van der Waals surface area contributed by atoms with E-state index >= 15 is 0 Å². The minimum atomic E-state index is -0.849. The molecule has 1 fully saturated rings. The van der Waals surface area contributed by atoms with Crippen molar-refractivity contribution in [3.63, 3.8) is 0 Å². The molecule has 0 spiro atoms. The van der Waals surface area contributed by atoms with Crippen LogP contribution in [0.4, 0.5) is 4.39 Å². The number of carboxylic acids is 1. The predicted molar refractivity (Wildman–Crippen MR) is 115 cm³/mol. The second-order valence-corrected chi connectivity index (χ2v) is 8.00. The number of piperidine rings is 1. The van der Waals surface area contributed by atoms with Crippen LogP contribution in [-0.4, -0.2) is 60.0 Å². The van der Waals surface area contributed by atoms with Crippen molar-refractivity contribution in [2.75, 3.05) is 32.8 Å². The van der Waals surface area contributed by atoms with Crippen LogP contribution in [0.2, 0.25) is 0 Å². The van der Waals surface area contributed by atoms with Crippen molar-refractivity contribution >= 4 is 5.97 Å². The van der Waals surface area contributed by atoms with Crippen molar-refractivity contribution in [1.29, 1.82) is 0 Å². The van der Waals surface area contributed by atoms with Gasteiger partial charge >= 0.3 is 5.97 Å². The molecule has 2 N–H and O–H groups in total. The number of rotatable bonds is 11. The van der Waals surface area contributed by atoms with E-state index in [1.807, 2.05) is 18.2 Å². The number of aliphatic hydroxyl groups is 1. The Morgan fingerprint density at radius 3 is 2.71 bits per heavy atom. The van der Waals surface area contributed by atoms with Crippen LogP contribution in [0.15, 0.2) is 48.5 Å². The number of hydrogen-bond donors (Lipinski definition) is 2. The lowest BCUT2D eigenvalue weighted by molar-refractivity contribution is -0.136. The van der Waals surface area contributed by atoms with Crippen molar-refractivity contribution in [2.45, 2.75) is 31.8 Å². The van der Waals surface area contributed by atoms with Crippen LogP contribution in [-0.2, 0) is 11.2 Å². The van der Waals surface area contributed by atoms with E-state index in [1.54, 1.807) is 18.2 Å². The summed E-state index contributed by atoms with van der Waals surface area (Å²) in [6, 6.07) is 13.4. The first-order valence-corrected chi connectivity index (χ1v) is 10.7. The smallest absolute Gasteiger partial charge is 0.303 e. The van der Waals surface area contributed by atoms with Gasteiger partial charge < -0.3 is 24.6 Å². The predicted octanol–water partition coefficient (Wildman–Crippen LogP) is 3.37. The number of para-hydroxylation sites is 1. The Bertz CT molecular complexity index is 829. The van der Waals surface area contributed by atoms with Gasteiger partial charge in [0.25, 0.3) is 0 Å². The Kier molecular flexibility index (Phi) is 8.67. The van der Waals surface area contributed by atoms with Crippen molar-refractivity contribution in [2.24, 2.45) is 5.92 Å². The fraction of sp³-hybridized carbons (Fsp3) is 0.458. The third-order valence-electron chi connectivity index (χ3n) is 5.38. The Hall–Kier alpha value is -2.64. The number of aliphatic carboxylic acids is 1. The lowest BCUT2D eigenvalue weighted by Crippen LogP contribution is -2.43. The lowest BCUT2D eigenvalue weighted by Gasteiger charge is -2.33. The molecule has 168 valence electrons. The van der Waals surface area contributed by atoms with E-state index in [0.717, 1.165) is 31.5 Å². The average molecular weight is 432 g/mol. The van der Waals surface area contributed by atoms with E-state index < -0.39 is 12.1 Å². The summed E-state index contributed by atoms with van der Waals surface area (Å²) in [6.45, 7) is 2.96. The van der Waals surface area contributed by atoms with Crippen molar-refractivity contribution < 1.29 is 28.9 Å². The maximum atomic E-state index is 13.0. The summed E-state index contributed by atoms with van der Waals surface area (Å²) in [5.41, 5.74) is 0.827. The second-order valence-electron chi connectivity index (χ2n) is 8.00. The van der Waals surface area contributed by atoms with E-state index in [4.69, 9.17) is 14.6 Å². The molecule has 1 heterocycles. The largest absolute Gasteiger partial charge is 0.493 e. The number of nitrogens with zero attached hydrogens (tertiary/aromatic N) is 1. The van der Waals surface area contributed by atoms with Gasteiger partial charge in [0.1, 0.15) is 30.0 Å². The van der Waals surface area contributed by atoms with Gasteiger partial charge in [-0.1, -0.05) is 18.2 Å². The third-order valence-corrected chi connectivity index (χ3v) is 5.38. The number of carboxylic acid groups (broad SMARTS) is 1. The minimum Gasteiger partial charge on any atom is -0.493 e. The first-order chi connectivity index (χ1) is 15.0. The number of hydrogen-bond acceptors (Lipinski definition) is 5. The summed E-state index contributed by atoms with van der Waals surface area (Å²) in [4.78, 5) is 13.0. The van der Waals surface area contributed by atoms with Gasteiger partial charge in [0.05, 0.1) is 6.61 Å². The quantitative estimate of drug-likeness (QED) is 0.568. The molecule has 0 bridgehead atoms. The van der Waals surface area contributed by atoms with Crippen LogP contribution in [0.1, 0.15) is 24.8 Å². The first-order valence-electron chi connectivity index (χ1n) is 10.7. The van der Waals surface area contributed by atoms with E-state index in [0.29, 0.717) is 37.0 Å². The molecule has 0 amide bonds. The van der Waals surface area contributed by atoms with Crippen LogP contribution in [0, 0.1) is 11.7 Å². The molecule has 0 aliphatic carbocycles. The zero-order chi connectivity index (χ0) is 22.1. The molecule has 2 atom stereocenters. The maximum absolute atomic E-state index is 13.0. The zero-order valence-electron chi connectivity index (χ0n) is 17.6. The number of carbonyl (C=O) groups is 1. The zero-order valence-corrected chi connectivity index (χ0v) is 17.6. The number of aryl methyl sites for hydroxylation is 1. The van der Waals surface area contributed by atoms with Gasteiger partial charge in [-0.15, -0.1) is 0 Å². The molecular formula is C24H30FNO5. The molecule has 1 aliphatic rings. The fourth-order valence-corrected chi connectivity index (χ4v) is 3.83. The standard InChI is InChI=1S/C24H30FNO5/c25-20-8-10-22(11-9-20)30-16-18-4-3-13-26(14-18)15-21(27)17-31-23-6-2-1-5-19(23)7-12-24(28)29/h1-2,5-6,8-11,18,21,27H,3-4,7,12-17H2,(H,28,29). The number of β-amino-alcohol motifs (C(OH)–C–C–N with tert-alkyl or cyclic N) is 1. The Morgan fingerprint density at radius 1 is 1.16 bits per heavy atom. The summed E-state index contributed by atoms with van der Waals surface area (Å²) in [6.07, 6.45) is 1.87.